The minimum absolute atomic E-state index is 0.0901. The highest BCUT2D eigenvalue weighted by molar-refractivity contribution is 8.15. The van der Waals surface area contributed by atoms with Crippen molar-refractivity contribution in [2.45, 2.75) is 35.1 Å². The molecule has 9 heteroatoms. The van der Waals surface area contributed by atoms with Gasteiger partial charge in [0.1, 0.15) is 21.5 Å². The molecule has 3 aliphatic heterocycles. The topological polar surface area (TPSA) is 39.1 Å². The zero-order chi connectivity index (χ0) is 23.2. The average molecular weight is 489 g/mol. The molecule has 1 fully saturated rings. The maximum Gasteiger partial charge on any atom is 0.342 e. The molecule has 5 rings (SSSR count). The van der Waals surface area contributed by atoms with Crippen molar-refractivity contribution >= 4 is 34.6 Å². The van der Waals surface area contributed by atoms with Gasteiger partial charge in [0.15, 0.2) is 0 Å². The number of likely N-dealkylation sites (tertiary alicyclic amines) is 1. The Morgan fingerprint density at radius 2 is 1.94 bits per heavy atom. The molecule has 0 radical (unpaired) electrons. The minimum Gasteiger partial charge on any atom is -0.323 e. The molecule has 0 aliphatic carbocycles. The molecule has 1 atom stereocenters. The van der Waals surface area contributed by atoms with Gasteiger partial charge >= 0.3 is 6.03 Å². The summed E-state index contributed by atoms with van der Waals surface area (Å²) in [5.74, 6) is -0.272. The van der Waals surface area contributed by atoms with Crippen LogP contribution >= 0.6 is 23.5 Å². The first-order valence-electron chi connectivity index (χ1n) is 11.1. The van der Waals surface area contributed by atoms with Crippen molar-refractivity contribution in [3.8, 4) is 0 Å². The van der Waals surface area contributed by atoms with Crippen LogP contribution in [0.25, 0.3) is 0 Å². The third kappa shape index (κ3) is 4.04. The maximum absolute atomic E-state index is 14.7. The molecule has 5 nitrogen and oxygen atoms in total. The predicted molar refractivity (Wildman–Crippen MR) is 129 cm³/mol. The fourth-order valence-electron chi connectivity index (χ4n) is 4.73. The van der Waals surface area contributed by atoms with Crippen molar-refractivity contribution in [1.82, 2.24) is 14.8 Å². The number of piperidine rings is 1. The van der Waals surface area contributed by atoms with Gasteiger partial charge in [-0.15, -0.1) is 11.8 Å². The van der Waals surface area contributed by atoms with E-state index in [1.807, 2.05) is 31.3 Å². The number of hydrogen-bond donors (Lipinski definition) is 0. The fourth-order valence-corrected chi connectivity index (χ4v) is 7.51. The highest BCUT2D eigenvalue weighted by Crippen LogP contribution is 2.55. The van der Waals surface area contributed by atoms with E-state index < -0.39 is 16.5 Å². The number of thioether (sulfide) groups is 2. The van der Waals surface area contributed by atoms with Crippen molar-refractivity contribution in [1.29, 1.82) is 0 Å². The van der Waals surface area contributed by atoms with Crippen LogP contribution < -0.4 is 0 Å². The summed E-state index contributed by atoms with van der Waals surface area (Å²) in [6.45, 7) is 1.87. The quantitative estimate of drug-likeness (QED) is 0.585. The van der Waals surface area contributed by atoms with Crippen LogP contribution in [0.5, 0.6) is 0 Å². The van der Waals surface area contributed by atoms with Crippen molar-refractivity contribution in [2.24, 2.45) is 5.10 Å². The number of nitrogens with zero attached hydrogens (tertiary/aromatic N) is 4. The summed E-state index contributed by atoms with van der Waals surface area (Å²) in [6.07, 6.45) is 2.46. The molecule has 2 amide bonds. The lowest BCUT2D eigenvalue weighted by molar-refractivity contribution is 0.0996. The third-order valence-corrected chi connectivity index (χ3v) is 9.19. The van der Waals surface area contributed by atoms with Gasteiger partial charge in [-0.25, -0.2) is 13.6 Å². The summed E-state index contributed by atoms with van der Waals surface area (Å²) in [5, 5.41) is 6.53. The molecule has 0 saturated carbocycles. The smallest absolute Gasteiger partial charge is 0.323 e. The zero-order valence-corrected chi connectivity index (χ0v) is 20.3. The molecule has 174 valence electrons. The highest BCUT2D eigenvalue weighted by Gasteiger charge is 2.52. The van der Waals surface area contributed by atoms with Gasteiger partial charge in [0.2, 0.25) is 0 Å². The molecule has 1 unspecified atom stereocenters. The van der Waals surface area contributed by atoms with Gasteiger partial charge in [0.25, 0.3) is 0 Å². The van der Waals surface area contributed by atoms with Crippen molar-refractivity contribution in [3.63, 3.8) is 0 Å². The third-order valence-electron chi connectivity index (χ3n) is 6.68. The number of hydrogen-bond acceptors (Lipinski definition) is 5. The Morgan fingerprint density at radius 1 is 1.18 bits per heavy atom. The first kappa shape index (κ1) is 22.7. The Labute approximate surface area is 201 Å². The highest BCUT2D eigenvalue weighted by atomic mass is 32.2. The SMILES string of the molecule is CN1CCC(N(C)C(=O)N2N=C(c3cc(F)ccc3F)SC23CCSc2ccccc23)CC1. The lowest BCUT2D eigenvalue weighted by Gasteiger charge is -2.43. The van der Waals surface area contributed by atoms with E-state index in [0.29, 0.717) is 11.5 Å². The van der Waals surface area contributed by atoms with Crippen molar-refractivity contribution in [3.05, 3.63) is 65.2 Å². The maximum atomic E-state index is 14.7. The molecule has 2 aromatic carbocycles. The van der Waals surface area contributed by atoms with E-state index >= 15 is 0 Å². The molecular weight excluding hydrogens is 462 g/mol. The van der Waals surface area contributed by atoms with Gasteiger partial charge in [0.05, 0.1) is 0 Å². The molecule has 0 bridgehead atoms. The molecule has 1 spiro atoms. The summed E-state index contributed by atoms with van der Waals surface area (Å²) in [4.78, 5) is 18.2. The Kier molecular flexibility index (Phi) is 6.13. The van der Waals surface area contributed by atoms with Crippen LogP contribution in [0.1, 0.15) is 30.4 Å². The molecular formula is C24H26F2N4OS2. The van der Waals surface area contributed by atoms with E-state index in [9.17, 15) is 13.6 Å². The summed E-state index contributed by atoms with van der Waals surface area (Å²) in [5.41, 5.74) is 1.08. The predicted octanol–water partition coefficient (Wildman–Crippen LogP) is 5.17. The summed E-state index contributed by atoms with van der Waals surface area (Å²) in [7, 11) is 3.92. The van der Waals surface area contributed by atoms with Crippen LogP contribution in [0.2, 0.25) is 0 Å². The molecule has 3 aliphatic rings. The Balaban J connectivity index is 1.56. The van der Waals surface area contributed by atoms with Crippen LogP contribution in [-0.2, 0) is 4.87 Å². The lowest BCUT2D eigenvalue weighted by atomic mass is 10.0. The number of rotatable bonds is 2. The summed E-state index contributed by atoms with van der Waals surface area (Å²) in [6, 6.07) is 11.3. The molecule has 2 aromatic rings. The van der Waals surface area contributed by atoms with E-state index in [1.165, 1.54) is 16.8 Å². The monoisotopic (exact) mass is 488 g/mol. The van der Waals surface area contributed by atoms with E-state index in [2.05, 4.69) is 17.0 Å². The van der Waals surface area contributed by atoms with Crippen molar-refractivity contribution in [2.75, 3.05) is 32.9 Å². The molecule has 3 heterocycles. The molecule has 33 heavy (non-hydrogen) atoms. The summed E-state index contributed by atoms with van der Waals surface area (Å²) < 4.78 is 28.7. The fraction of sp³-hybridized carbons (Fsp3) is 0.417. The second-order valence-corrected chi connectivity index (χ2v) is 11.2. The van der Waals surface area contributed by atoms with Gasteiger partial charge in [0, 0.05) is 34.9 Å². The number of carbonyl (C=O) groups is 1. The second-order valence-electron chi connectivity index (χ2n) is 8.75. The van der Waals surface area contributed by atoms with Crippen LogP contribution in [0, 0.1) is 11.6 Å². The van der Waals surface area contributed by atoms with E-state index in [-0.39, 0.29) is 17.6 Å². The van der Waals surface area contributed by atoms with Gasteiger partial charge in [-0.3, -0.25) is 0 Å². The Bertz CT molecular complexity index is 1110. The van der Waals surface area contributed by atoms with E-state index in [4.69, 9.17) is 0 Å². The normalized spacial score (nSPS) is 23.5. The molecule has 0 aromatic heterocycles. The Hall–Kier alpha value is -2.10. The average Bonchev–Trinajstić information content (AvgIpc) is 3.20. The largest absolute Gasteiger partial charge is 0.342 e. The first-order chi connectivity index (χ1) is 15.9. The standard InChI is InChI=1S/C24H26F2N4OS2/c1-28-12-9-17(10-13-28)29(2)23(31)30-24(11-14-32-21-6-4-3-5-19(21)24)33-22(27-30)18-15-16(25)7-8-20(18)26/h3-8,15,17H,9-14H2,1-2H3. The van der Waals surface area contributed by atoms with E-state index in [1.54, 1.807) is 16.7 Å². The number of hydrazone groups is 1. The number of carbonyl (C=O) groups excluding carboxylic acids is 1. The molecule has 1 saturated heterocycles. The summed E-state index contributed by atoms with van der Waals surface area (Å²) >= 11 is 3.10. The zero-order valence-electron chi connectivity index (χ0n) is 18.6. The first-order valence-corrected chi connectivity index (χ1v) is 12.9. The number of fused-ring (bicyclic) bond motifs is 2. The number of halogens is 2. The van der Waals surface area contributed by atoms with Gasteiger partial charge < -0.3 is 9.80 Å². The lowest BCUT2D eigenvalue weighted by Crippen LogP contribution is -2.52. The van der Waals surface area contributed by atoms with Gasteiger partial charge in [-0.2, -0.15) is 10.1 Å². The second kappa shape index (κ2) is 8.92. The van der Waals surface area contributed by atoms with Crippen LogP contribution in [0.3, 0.4) is 0 Å². The van der Waals surface area contributed by atoms with Gasteiger partial charge in [-0.1, -0.05) is 30.0 Å². The van der Waals surface area contributed by atoms with Crippen LogP contribution in [0.4, 0.5) is 13.6 Å². The minimum atomic E-state index is -0.785. The number of amides is 2. The molecule has 0 N–H and O–H groups in total. The van der Waals surface area contributed by atoms with Crippen LogP contribution in [-0.4, -0.2) is 64.9 Å². The van der Waals surface area contributed by atoms with Crippen molar-refractivity contribution < 1.29 is 13.6 Å². The van der Waals surface area contributed by atoms with Gasteiger partial charge in [-0.05, 0) is 63.7 Å². The van der Waals surface area contributed by atoms with E-state index in [0.717, 1.165) is 60.3 Å². The number of urea groups is 1. The van der Waals surface area contributed by atoms with Crippen LogP contribution in [0.15, 0.2) is 52.5 Å². The number of benzene rings is 2. The Morgan fingerprint density at radius 3 is 2.73 bits per heavy atom.